The Bertz CT molecular complexity index is 262. The highest BCUT2D eigenvalue weighted by Gasteiger charge is 2.60. The predicted octanol–water partition coefficient (Wildman–Crippen LogP) is 0.338. The Morgan fingerprint density at radius 1 is 1.38 bits per heavy atom. The second-order valence-corrected chi connectivity index (χ2v) is 5.37. The van der Waals surface area contributed by atoms with Gasteiger partial charge >= 0.3 is 0 Å². The molecule has 96 valence electrons. The zero-order chi connectivity index (χ0) is 12.0. The van der Waals surface area contributed by atoms with E-state index < -0.39 is 29.6 Å². The number of nitrogens with two attached hydrogens (primary N) is 1. The van der Waals surface area contributed by atoms with Crippen LogP contribution in [0.2, 0.25) is 0 Å². The first-order valence-corrected chi connectivity index (χ1v) is 5.37. The van der Waals surface area contributed by atoms with E-state index in [0.29, 0.717) is 0 Å². The van der Waals surface area contributed by atoms with Crippen LogP contribution in [-0.2, 0) is 4.79 Å². The van der Waals surface area contributed by atoms with Crippen molar-refractivity contribution in [1.29, 1.82) is 0 Å². The van der Waals surface area contributed by atoms with Gasteiger partial charge in [-0.2, -0.15) is 0 Å². The summed E-state index contributed by atoms with van der Waals surface area (Å²) < 4.78 is 0. The molecule has 1 aliphatic rings. The van der Waals surface area contributed by atoms with E-state index in [9.17, 15) is 15.0 Å². The lowest BCUT2D eigenvalue weighted by atomic mass is 9.92. The second kappa shape index (κ2) is 5.00. The summed E-state index contributed by atoms with van der Waals surface area (Å²) in [6.07, 6.45) is -0.839. The Labute approximate surface area is 103 Å². The molecule has 0 saturated heterocycles. The van der Waals surface area contributed by atoms with Crippen LogP contribution < -0.4 is 5.73 Å². The number of halogens is 1. The molecule has 0 aliphatic heterocycles. The number of aliphatic hydroxyl groups is 2. The van der Waals surface area contributed by atoms with Crippen LogP contribution in [0.4, 0.5) is 0 Å². The van der Waals surface area contributed by atoms with Crippen LogP contribution in [0.25, 0.3) is 0 Å². The lowest BCUT2D eigenvalue weighted by molar-refractivity contribution is -0.114. The molecular formula is C11H22ClNO3. The van der Waals surface area contributed by atoms with Crippen molar-refractivity contribution in [3.8, 4) is 0 Å². The van der Waals surface area contributed by atoms with Gasteiger partial charge in [-0.15, -0.1) is 12.4 Å². The summed E-state index contributed by atoms with van der Waals surface area (Å²) in [5.74, 6) is -0.901. The molecule has 0 amide bonds. The Morgan fingerprint density at radius 3 is 2.06 bits per heavy atom. The third kappa shape index (κ3) is 2.94. The van der Waals surface area contributed by atoms with Gasteiger partial charge in [-0.1, -0.05) is 13.8 Å². The van der Waals surface area contributed by atoms with Crippen molar-refractivity contribution in [2.45, 2.75) is 45.4 Å². The maximum absolute atomic E-state index is 11.5. The van der Waals surface area contributed by atoms with E-state index in [4.69, 9.17) is 5.73 Å². The fourth-order valence-electron chi connectivity index (χ4n) is 2.05. The third-order valence-corrected chi connectivity index (χ3v) is 3.18. The van der Waals surface area contributed by atoms with Gasteiger partial charge in [0, 0.05) is 6.04 Å². The minimum absolute atomic E-state index is 0. The first-order valence-electron chi connectivity index (χ1n) is 5.37. The third-order valence-electron chi connectivity index (χ3n) is 3.18. The molecule has 0 aromatic carbocycles. The van der Waals surface area contributed by atoms with Gasteiger partial charge in [-0.05, 0) is 19.8 Å². The molecule has 4 atom stereocenters. The molecule has 3 unspecified atom stereocenters. The number of carbonyl (C=O) groups excluding carboxylic acids is 1. The summed E-state index contributed by atoms with van der Waals surface area (Å²) >= 11 is 0. The molecule has 0 radical (unpaired) electrons. The number of hydrogen-bond acceptors (Lipinski definition) is 4. The molecule has 0 spiro atoms. The monoisotopic (exact) mass is 251 g/mol. The van der Waals surface area contributed by atoms with E-state index in [1.165, 1.54) is 0 Å². The molecule has 1 fully saturated rings. The standard InChI is InChI=1S/C11H21NO3.ClH/c1-5(2)8(12)10(14)6-7(9(6)13)11(3,4)15;/h5-8,10,14-15H,12H2,1-4H3;1H/t6?,7?,8-,10?;/m0./s1. The van der Waals surface area contributed by atoms with Gasteiger partial charge in [0.1, 0.15) is 5.78 Å². The maximum atomic E-state index is 11.5. The van der Waals surface area contributed by atoms with Crippen LogP contribution in [0.5, 0.6) is 0 Å². The average Bonchev–Trinajstić information content (AvgIpc) is 2.73. The topological polar surface area (TPSA) is 83.5 Å². The number of Topliss-reactive ketones (excluding diaryl/α,β-unsaturated/α-hetero) is 1. The highest BCUT2D eigenvalue weighted by Crippen LogP contribution is 2.45. The van der Waals surface area contributed by atoms with Crippen molar-refractivity contribution in [3.63, 3.8) is 0 Å². The van der Waals surface area contributed by atoms with Gasteiger partial charge in [-0.3, -0.25) is 4.79 Å². The highest BCUT2D eigenvalue weighted by atomic mass is 35.5. The van der Waals surface area contributed by atoms with Crippen molar-refractivity contribution < 1.29 is 15.0 Å². The highest BCUT2D eigenvalue weighted by molar-refractivity contribution is 6.01. The Morgan fingerprint density at radius 2 is 1.81 bits per heavy atom. The molecule has 1 aliphatic carbocycles. The Kier molecular flexibility index (Phi) is 4.95. The van der Waals surface area contributed by atoms with Crippen LogP contribution in [0, 0.1) is 17.8 Å². The zero-order valence-electron chi connectivity index (χ0n) is 10.2. The van der Waals surface area contributed by atoms with E-state index in [1.54, 1.807) is 13.8 Å². The quantitative estimate of drug-likeness (QED) is 0.673. The largest absolute Gasteiger partial charge is 0.391 e. The summed E-state index contributed by atoms with van der Waals surface area (Å²) in [6, 6.07) is -0.411. The molecule has 16 heavy (non-hydrogen) atoms. The van der Waals surface area contributed by atoms with E-state index in [1.807, 2.05) is 13.8 Å². The minimum atomic E-state index is -1.06. The lowest BCUT2D eigenvalue weighted by Gasteiger charge is -2.23. The van der Waals surface area contributed by atoms with Crippen molar-refractivity contribution in [2.75, 3.05) is 0 Å². The summed E-state index contributed by atoms with van der Waals surface area (Å²) in [6.45, 7) is 6.98. The fourth-order valence-corrected chi connectivity index (χ4v) is 2.05. The maximum Gasteiger partial charge on any atom is 0.146 e. The molecule has 0 bridgehead atoms. The normalized spacial score (nSPS) is 28.6. The van der Waals surface area contributed by atoms with Crippen molar-refractivity contribution in [1.82, 2.24) is 0 Å². The van der Waals surface area contributed by atoms with Crippen LogP contribution in [-0.4, -0.2) is 33.7 Å². The Hall–Kier alpha value is -0.160. The van der Waals surface area contributed by atoms with Crippen LogP contribution in [0.15, 0.2) is 0 Å². The van der Waals surface area contributed by atoms with E-state index >= 15 is 0 Å². The molecular weight excluding hydrogens is 230 g/mol. The number of aliphatic hydroxyl groups excluding tert-OH is 1. The van der Waals surface area contributed by atoms with Gasteiger partial charge in [0.05, 0.1) is 23.5 Å². The molecule has 5 heteroatoms. The molecule has 1 rings (SSSR count). The van der Waals surface area contributed by atoms with Gasteiger partial charge in [0.25, 0.3) is 0 Å². The number of hydrogen-bond donors (Lipinski definition) is 3. The summed E-state index contributed by atoms with van der Waals surface area (Å²) in [5, 5.41) is 19.6. The lowest BCUT2D eigenvalue weighted by Crippen LogP contribution is -2.42. The van der Waals surface area contributed by atoms with Gasteiger partial charge in [-0.25, -0.2) is 0 Å². The van der Waals surface area contributed by atoms with Gasteiger partial charge < -0.3 is 15.9 Å². The summed E-state index contributed by atoms with van der Waals surface area (Å²) in [7, 11) is 0. The predicted molar refractivity (Wildman–Crippen MR) is 64.4 cm³/mol. The zero-order valence-corrected chi connectivity index (χ0v) is 11.0. The summed E-state index contributed by atoms with van der Waals surface area (Å²) in [4.78, 5) is 11.5. The van der Waals surface area contributed by atoms with Crippen LogP contribution >= 0.6 is 12.4 Å². The van der Waals surface area contributed by atoms with Crippen molar-refractivity contribution >= 4 is 18.2 Å². The fraction of sp³-hybridized carbons (Fsp3) is 0.909. The SMILES string of the molecule is CC(C)[C@H](N)C(O)C1C(=O)C1C(C)(C)O.Cl. The van der Waals surface area contributed by atoms with Crippen molar-refractivity contribution in [3.05, 3.63) is 0 Å². The second-order valence-electron chi connectivity index (χ2n) is 5.37. The van der Waals surface area contributed by atoms with Gasteiger partial charge in [0.2, 0.25) is 0 Å². The average molecular weight is 252 g/mol. The number of ketones is 1. The number of carbonyl (C=O) groups is 1. The molecule has 0 aromatic heterocycles. The molecule has 1 saturated carbocycles. The van der Waals surface area contributed by atoms with E-state index in [0.717, 1.165) is 0 Å². The first kappa shape index (κ1) is 15.8. The number of rotatable bonds is 4. The van der Waals surface area contributed by atoms with Crippen molar-refractivity contribution in [2.24, 2.45) is 23.5 Å². The van der Waals surface area contributed by atoms with Crippen LogP contribution in [0.3, 0.4) is 0 Å². The summed E-state index contributed by atoms with van der Waals surface area (Å²) in [5.41, 5.74) is 4.73. The van der Waals surface area contributed by atoms with Crippen LogP contribution in [0.1, 0.15) is 27.7 Å². The molecule has 4 N–H and O–H groups in total. The van der Waals surface area contributed by atoms with E-state index in [2.05, 4.69) is 0 Å². The molecule has 0 heterocycles. The smallest absolute Gasteiger partial charge is 0.146 e. The molecule has 4 nitrogen and oxygen atoms in total. The minimum Gasteiger partial charge on any atom is -0.391 e. The first-order chi connectivity index (χ1) is 6.68. The van der Waals surface area contributed by atoms with E-state index in [-0.39, 0.29) is 24.1 Å². The Balaban J connectivity index is 0.00000225. The van der Waals surface area contributed by atoms with Gasteiger partial charge in [0.15, 0.2) is 0 Å². The molecule has 0 aromatic rings.